The summed E-state index contributed by atoms with van der Waals surface area (Å²) in [4.78, 5) is 2.14. The number of likely N-dealkylation sites (N-methyl/N-ethyl adjacent to an activating group) is 1. The van der Waals surface area contributed by atoms with Crippen molar-refractivity contribution in [3.8, 4) is 0 Å². The first kappa shape index (κ1) is 15.0. The van der Waals surface area contributed by atoms with E-state index < -0.39 is 0 Å². The molecule has 1 unspecified atom stereocenters. The van der Waals surface area contributed by atoms with E-state index in [0.29, 0.717) is 6.61 Å². The van der Waals surface area contributed by atoms with Gasteiger partial charge in [0.15, 0.2) is 0 Å². The maximum Gasteiger partial charge on any atom is 0.0956 e. The van der Waals surface area contributed by atoms with Gasteiger partial charge in [-0.25, -0.2) is 0 Å². The summed E-state index contributed by atoms with van der Waals surface area (Å²) in [5.41, 5.74) is 2.34. The van der Waals surface area contributed by atoms with Crippen LogP contribution in [0.3, 0.4) is 0 Å². The van der Waals surface area contributed by atoms with Crippen LogP contribution in [0.25, 0.3) is 0 Å². The van der Waals surface area contributed by atoms with Crippen molar-refractivity contribution in [2.75, 3.05) is 20.6 Å². The minimum absolute atomic E-state index is 0.0712. The number of rotatable bonds is 6. The Labute approximate surface area is 125 Å². The van der Waals surface area contributed by atoms with Crippen LogP contribution >= 0.6 is 11.6 Å². The van der Waals surface area contributed by atoms with E-state index >= 15 is 0 Å². The van der Waals surface area contributed by atoms with Crippen molar-refractivity contribution in [2.45, 2.75) is 12.7 Å². The topological polar surface area (TPSA) is 12.5 Å². The van der Waals surface area contributed by atoms with E-state index in [2.05, 4.69) is 31.1 Å². The molecule has 0 aliphatic carbocycles. The van der Waals surface area contributed by atoms with Crippen molar-refractivity contribution < 1.29 is 4.74 Å². The van der Waals surface area contributed by atoms with E-state index in [4.69, 9.17) is 16.3 Å². The normalized spacial score (nSPS) is 12.6. The summed E-state index contributed by atoms with van der Waals surface area (Å²) in [5, 5.41) is 0.752. The Morgan fingerprint density at radius 2 is 1.65 bits per heavy atom. The second kappa shape index (κ2) is 7.44. The van der Waals surface area contributed by atoms with Gasteiger partial charge in [-0.2, -0.15) is 0 Å². The maximum atomic E-state index is 6.08. The highest BCUT2D eigenvalue weighted by molar-refractivity contribution is 6.30. The molecular weight excluding hydrogens is 270 g/mol. The van der Waals surface area contributed by atoms with Crippen LogP contribution in [0.4, 0.5) is 0 Å². The summed E-state index contributed by atoms with van der Waals surface area (Å²) in [6.07, 6.45) is 0.0712. The number of benzene rings is 2. The molecular formula is C17H20ClNO. The molecule has 0 fully saturated rings. The third-order valence-corrected chi connectivity index (χ3v) is 3.32. The van der Waals surface area contributed by atoms with Gasteiger partial charge in [-0.15, -0.1) is 0 Å². The van der Waals surface area contributed by atoms with Gasteiger partial charge in [0.1, 0.15) is 0 Å². The molecule has 0 aliphatic heterocycles. The van der Waals surface area contributed by atoms with Crippen LogP contribution in [0.5, 0.6) is 0 Å². The predicted molar refractivity (Wildman–Crippen MR) is 84.0 cm³/mol. The van der Waals surface area contributed by atoms with Gasteiger partial charge in [0.25, 0.3) is 0 Å². The molecule has 2 aromatic rings. The summed E-state index contributed by atoms with van der Waals surface area (Å²) in [7, 11) is 4.11. The highest BCUT2D eigenvalue weighted by Gasteiger charge is 2.13. The lowest BCUT2D eigenvalue weighted by Gasteiger charge is -2.22. The minimum Gasteiger partial charge on any atom is -0.368 e. The SMILES string of the molecule is CN(C)CC(OCc1ccc(Cl)cc1)c1ccccc1. The number of halogens is 1. The average Bonchev–Trinajstić information content (AvgIpc) is 2.46. The minimum atomic E-state index is 0.0712. The monoisotopic (exact) mass is 289 g/mol. The third kappa shape index (κ3) is 4.64. The molecule has 0 amide bonds. The van der Waals surface area contributed by atoms with Crippen molar-refractivity contribution >= 4 is 11.6 Å². The lowest BCUT2D eigenvalue weighted by atomic mass is 10.1. The molecule has 0 radical (unpaired) electrons. The first-order chi connectivity index (χ1) is 9.65. The fourth-order valence-electron chi connectivity index (χ4n) is 2.03. The summed E-state index contributed by atoms with van der Waals surface area (Å²) < 4.78 is 6.08. The lowest BCUT2D eigenvalue weighted by molar-refractivity contribution is 0.0230. The van der Waals surface area contributed by atoms with Gasteiger partial charge in [-0.05, 0) is 37.4 Å². The quantitative estimate of drug-likeness (QED) is 0.792. The van der Waals surface area contributed by atoms with Crippen LogP contribution in [0.15, 0.2) is 54.6 Å². The molecule has 0 saturated carbocycles. The fraction of sp³-hybridized carbons (Fsp3) is 0.294. The predicted octanol–water partition coefficient (Wildman–Crippen LogP) is 4.16. The standard InChI is InChI=1S/C17H20ClNO/c1-19(2)12-17(15-6-4-3-5-7-15)20-13-14-8-10-16(18)11-9-14/h3-11,17H,12-13H2,1-2H3. The molecule has 3 heteroatoms. The van der Waals surface area contributed by atoms with Crippen LogP contribution in [0.2, 0.25) is 5.02 Å². The molecule has 2 aromatic carbocycles. The van der Waals surface area contributed by atoms with Crippen molar-refractivity contribution in [3.05, 3.63) is 70.7 Å². The zero-order valence-electron chi connectivity index (χ0n) is 11.9. The molecule has 2 nitrogen and oxygen atoms in total. The van der Waals surface area contributed by atoms with E-state index in [0.717, 1.165) is 17.1 Å². The van der Waals surface area contributed by atoms with Crippen molar-refractivity contribution in [2.24, 2.45) is 0 Å². The highest BCUT2D eigenvalue weighted by atomic mass is 35.5. The smallest absolute Gasteiger partial charge is 0.0956 e. The van der Waals surface area contributed by atoms with E-state index in [1.807, 2.05) is 42.5 Å². The first-order valence-corrected chi connectivity index (χ1v) is 7.08. The fourth-order valence-corrected chi connectivity index (χ4v) is 2.16. The van der Waals surface area contributed by atoms with Gasteiger partial charge in [-0.1, -0.05) is 54.1 Å². The maximum absolute atomic E-state index is 6.08. The van der Waals surface area contributed by atoms with Gasteiger partial charge in [0, 0.05) is 11.6 Å². The second-order valence-corrected chi connectivity index (χ2v) is 5.54. The molecule has 1 atom stereocenters. The van der Waals surface area contributed by atoms with Crippen molar-refractivity contribution in [1.82, 2.24) is 4.90 Å². The van der Waals surface area contributed by atoms with Crippen LogP contribution in [0.1, 0.15) is 17.2 Å². The summed E-state index contributed by atoms with van der Waals surface area (Å²) in [6, 6.07) is 18.1. The molecule has 106 valence electrons. The molecule has 0 bridgehead atoms. The van der Waals surface area contributed by atoms with Crippen molar-refractivity contribution in [3.63, 3.8) is 0 Å². The van der Waals surface area contributed by atoms with E-state index in [1.54, 1.807) is 0 Å². The van der Waals surface area contributed by atoms with Crippen LogP contribution < -0.4 is 0 Å². The summed E-state index contributed by atoms with van der Waals surface area (Å²) in [6.45, 7) is 1.45. The van der Waals surface area contributed by atoms with Crippen LogP contribution in [-0.2, 0) is 11.3 Å². The third-order valence-electron chi connectivity index (χ3n) is 3.07. The Kier molecular flexibility index (Phi) is 5.60. The lowest BCUT2D eigenvalue weighted by Crippen LogP contribution is -2.22. The van der Waals surface area contributed by atoms with E-state index in [1.165, 1.54) is 5.56 Å². The van der Waals surface area contributed by atoms with E-state index in [-0.39, 0.29) is 6.10 Å². The van der Waals surface area contributed by atoms with Gasteiger partial charge >= 0.3 is 0 Å². The molecule has 20 heavy (non-hydrogen) atoms. The number of hydrogen-bond acceptors (Lipinski definition) is 2. The number of hydrogen-bond donors (Lipinski definition) is 0. The average molecular weight is 290 g/mol. The van der Waals surface area contributed by atoms with Crippen LogP contribution in [-0.4, -0.2) is 25.5 Å². The second-order valence-electron chi connectivity index (χ2n) is 5.10. The Bertz CT molecular complexity index is 510. The molecule has 2 rings (SSSR count). The van der Waals surface area contributed by atoms with Crippen LogP contribution in [0, 0.1) is 0 Å². The molecule has 0 spiro atoms. The first-order valence-electron chi connectivity index (χ1n) is 6.71. The van der Waals surface area contributed by atoms with Gasteiger partial charge in [0.2, 0.25) is 0 Å². The Morgan fingerprint density at radius 1 is 1.00 bits per heavy atom. The van der Waals surface area contributed by atoms with Crippen molar-refractivity contribution in [1.29, 1.82) is 0 Å². The van der Waals surface area contributed by atoms with Gasteiger partial charge in [-0.3, -0.25) is 0 Å². The number of ether oxygens (including phenoxy) is 1. The number of nitrogens with zero attached hydrogens (tertiary/aromatic N) is 1. The molecule has 0 heterocycles. The summed E-state index contributed by atoms with van der Waals surface area (Å²) in [5.74, 6) is 0. The Morgan fingerprint density at radius 3 is 2.25 bits per heavy atom. The highest BCUT2D eigenvalue weighted by Crippen LogP contribution is 2.20. The molecule has 0 aromatic heterocycles. The Hall–Kier alpha value is -1.35. The zero-order valence-corrected chi connectivity index (χ0v) is 12.7. The molecule has 0 saturated heterocycles. The Balaban J connectivity index is 2.03. The molecule has 0 N–H and O–H groups in total. The zero-order chi connectivity index (χ0) is 14.4. The van der Waals surface area contributed by atoms with Gasteiger partial charge < -0.3 is 9.64 Å². The largest absolute Gasteiger partial charge is 0.368 e. The van der Waals surface area contributed by atoms with E-state index in [9.17, 15) is 0 Å². The van der Waals surface area contributed by atoms with Gasteiger partial charge in [0.05, 0.1) is 12.7 Å². The summed E-state index contributed by atoms with van der Waals surface area (Å²) >= 11 is 5.89. The molecule has 0 aliphatic rings.